The first-order valence-electron chi connectivity index (χ1n) is 7.46. The standard InChI is InChI=1S/C14H27N3O3/c1-11(8-13(18)19)9-15-14(20)16-12(2)10-17-6-4-3-5-7-17/h11-12H,3-10H2,1-2H3,(H,18,19)(H2,15,16,20). The second kappa shape index (κ2) is 8.79. The van der Waals surface area contributed by atoms with Gasteiger partial charge >= 0.3 is 12.0 Å². The molecule has 1 aliphatic rings. The topological polar surface area (TPSA) is 81.7 Å². The first-order valence-corrected chi connectivity index (χ1v) is 7.46. The van der Waals surface area contributed by atoms with Crippen LogP contribution in [0.25, 0.3) is 0 Å². The lowest BCUT2D eigenvalue weighted by Crippen LogP contribution is -2.47. The molecule has 1 fully saturated rings. The normalized spacial score (nSPS) is 19.1. The van der Waals surface area contributed by atoms with E-state index in [4.69, 9.17) is 5.11 Å². The Kier molecular flexibility index (Phi) is 7.36. The van der Waals surface area contributed by atoms with Gasteiger partial charge in [-0.3, -0.25) is 4.79 Å². The third-order valence-electron chi connectivity index (χ3n) is 3.49. The maximum atomic E-state index is 11.7. The molecule has 6 heteroatoms. The fourth-order valence-corrected chi connectivity index (χ4v) is 2.49. The van der Waals surface area contributed by atoms with E-state index in [9.17, 15) is 9.59 Å². The molecule has 1 saturated heterocycles. The van der Waals surface area contributed by atoms with Gasteiger partial charge in [-0.25, -0.2) is 4.79 Å². The number of hydrogen-bond donors (Lipinski definition) is 3. The largest absolute Gasteiger partial charge is 0.481 e. The third-order valence-corrected chi connectivity index (χ3v) is 3.49. The Labute approximate surface area is 120 Å². The number of nitrogens with one attached hydrogen (secondary N) is 2. The molecular weight excluding hydrogens is 258 g/mol. The monoisotopic (exact) mass is 285 g/mol. The molecule has 2 unspecified atom stereocenters. The Hall–Kier alpha value is -1.30. The van der Waals surface area contributed by atoms with E-state index >= 15 is 0 Å². The first kappa shape index (κ1) is 16.8. The van der Waals surface area contributed by atoms with Crippen molar-refractivity contribution in [3.8, 4) is 0 Å². The van der Waals surface area contributed by atoms with Crippen LogP contribution >= 0.6 is 0 Å². The van der Waals surface area contributed by atoms with Crippen LogP contribution in [0.3, 0.4) is 0 Å². The van der Waals surface area contributed by atoms with Gasteiger partial charge in [0, 0.05) is 25.6 Å². The highest BCUT2D eigenvalue weighted by molar-refractivity contribution is 5.74. The van der Waals surface area contributed by atoms with Gasteiger partial charge in [-0.1, -0.05) is 13.3 Å². The van der Waals surface area contributed by atoms with Gasteiger partial charge in [0.25, 0.3) is 0 Å². The van der Waals surface area contributed by atoms with Crippen molar-refractivity contribution >= 4 is 12.0 Å². The molecular formula is C14H27N3O3. The Bertz CT molecular complexity index is 317. The molecule has 0 aromatic carbocycles. The van der Waals surface area contributed by atoms with E-state index in [1.54, 1.807) is 0 Å². The van der Waals surface area contributed by atoms with Gasteiger partial charge in [-0.15, -0.1) is 0 Å². The van der Waals surface area contributed by atoms with Gasteiger partial charge in [-0.05, 0) is 38.8 Å². The van der Waals surface area contributed by atoms with Crippen LogP contribution in [0.2, 0.25) is 0 Å². The number of piperidine rings is 1. The maximum Gasteiger partial charge on any atom is 0.315 e. The number of nitrogens with zero attached hydrogens (tertiary/aromatic N) is 1. The molecule has 116 valence electrons. The number of carboxylic acids is 1. The molecule has 0 radical (unpaired) electrons. The fourth-order valence-electron chi connectivity index (χ4n) is 2.49. The van der Waals surface area contributed by atoms with Crippen LogP contribution in [0.4, 0.5) is 4.79 Å². The van der Waals surface area contributed by atoms with Gasteiger partial charge in [0.2, 0.25) is 0 Å². The van der Waals surface area contributed by atoms with Gasteiger partial charge in [0.05, 0.1) is 0 Å². The summed E-state index contributed by atoms with van der Waals surface area (Å²) in [7, 11) is 0. The third kappa shape index (κ3) is 7.33. The summed E-state index contributed by atoms with van der Waals surface area (Å²) in [5, 5.41) is 14.3. The van der Waals surface area contributed by atoms with Gasteiger partial charge < -0.3 is 20.6 Å². The summed E-state index contributed by atoms with van der Waals surface area (Å²) in [6, 6.07) is -0.116. The molecule has 1 heterocycles. The summed E-state index contributed by atoms with van der Waals surface area (Å²) in [4.78, 5) is 24.6. The molecule has 0 aliphatic carbocycles. The first-order chi connectivity index (χ1) is 9.47. The Morgan fingerprint density at radius 1 is 1.20 bits per heavy atom. The number of carboxylic acid groups (broad SMARTS) is 1. The Morgan fingerprint density at radius 3 is 2.45 bits per heavy atom. The highest BCUT2D eigenvalue weighted by atomic mass is 16.4. The van der Waals surface area contributed by atoms with Crippen molar-refractivity contribution in [3.05, 3.63) is 0 Å². The predicted molar refractivity (Wildman–Crippen MR) is 77.7 cm³/mol. The molecule has 0 spiro atoms. The number of carbonyl (C=O) groups is 2. The lowest BCUT2D eigenvalue weighted by atomic mass is 10.1. The van der Waals surface area contributed by atoms with Crippen molar-refractivity contribution in [3.63, 3.8) is 0 Å². The molecule has 0 aromatic heterocycles. The minimum atomic E-state index is -0.835. The Balaban J connectivity index is 2.15. The number of amides is 2. The second-order valence-corrected chi connectivity index (χ2v) is 5.82. The van der Waals surface area contributed by atoms with Crippen LogP contribution < -0.4 is 10.6 Å². The lowest BCUT2D eigenvalue weighted by molar-refractivity contribution is -0.137. The van der Waals surface area contributed by atoms with E-state index in [1.807, 2.05) is 13.8 Å². The lowest BCUT2D eigenvalue weighted by Gasteiger charge is -2.29. The molecule has 1 rings (SSSR count). The second-order valence-electron chi connectivity index (χ2n) is 5.82. The summed E-state index contributed by atoms with van der Waals surface area (Å²) in [5.74, 6) is -0.895. The number of likely N-dealkylation sites (tertiary alicyclic amines) is 1. The van der Waals surface area contributed by atoms with Gasteiger partial charge in [0.15, 0.2) is 0 Å². The molecule has 3 N–H and O–H groups in total. The van der Waals surface area contributed by atoms with Crippen LogP contribution in [-0.2, 0) is 4.79 Å². The summed E-state index contributed by atoms with van der Waals surface area (Å²) >= 11 is 0. The number of carbonyl (C=O) groups excluding carboxylic acids is 1. The maximum absolute atomic E-state index is 11.7. The van der Waals surface area contributed by atoms with Gasteiger partial charge in [0.1, 0.15) is 0 Å². The van der Waals surface area contributed by atoms with E-state index in [0.29, 0.717) is 6.54 Å². The SMILES string of the molecule is CC(CNC(=O)NC(C)CN1CCCCC1)CC(=O)O. The molecule has 0 aromatic rings. The van der Waals surface area contributed by atoms with Gasteiger partial charge in [-0.2, -0.15) is 0 Å². The zero-order chi connectivity index (χ0) is 15.0. The zero-order valence-electron chi connectivity index (χ0n) is 12.5. The van der Waals surface area contributed by atoms with E-state index in [0.717, 1.165) is 19.6 Å². The molecule has 2 atom stereocenters. The average Bonchev–Trinajstić information content (AvgIpc) is 2.36. The minimum absolute atomic E-state index is 0.0596. The van der Waals surface area contributed by atoms with Crippen molar-refractivity contribution in [2.75, 3.05) is 26.2 Å². The number of rotatable bonds is 7. The zero-order valence-corrected chi connectivity index (χ0v) is 12.5. The number of hydrogen-bond acceptors (Lipinski definition) is 3. The molecule has 6 nitrogen and oxygen atoms in total. The number of aliphatic carboxylic acids is 1. The summed E-state index contributed by atoms with van der Waals surface area (Å²) in [6.07, 6.45) is 3.86. The number of urea groups is 1. The highest BCUT2D eigenvalue weighted by Crippen LogP contribution is 2.08. The highest BCUT2D eigenvalue weighted by Gasteiger charge is 2.15. The minimum Gasteiger partial charge on any atom is -0.481 e. The molecule has 2 amide bonds. The quantitative estimate of drug-likeness (QED) is 0.658. The molecule has 0 bridgehead atoms. The average molecular weight is 285 g/mol. The predicted octanol–water partition coefficient (Wildman–Crippen LogP) is 1.27. The van der Waals surface area contributed by atoms with Crippen LogP contribution in [0.15, 0.2) is 0 Å². The Morgan fingerprint density at radius 2 is 1.85 bits per heavy atom. The smallest absolute Gasteiger partial charge is 0.315 e. The molecule has 20 heavy (non-hydrogen) atoms. The van der Waals surface area contributed by atoms with Crippen molar-refractivity contribution in [2.45, 2.75) is 45.6 Å². The molecule has 0 saturated carbocycles. The van der Waals surface area contributed by atoms with Crippen LogP contribution in [0, 0.1) is 5.92 Å². The van der Waals surface area contributed by atoms with Crippen molar-refractivity contribution in [1.82, 2.24) is 15.5 Å². The van der Waals surface area contributed by atoms with Crippen molar-refractivity contribution in [2.24, 2.45) is 5.92 Å². The summed E-state index contributed by atoms with van der Waals surface area (Å²) in [6.45, 7) is 7.29. The van der Waals surface area contributed by atoms with Crippen LogP contribution in [0.1, 0.15) is 39.5 Å². The summed E-state index contributed by atoms with van der Waals surface area (Å²) in [5.41, 5.74) is 0. The molecule has 1 aliphatic heterocycles. The fraction of sp³-hybridized carbons (Fsp3) is 0.857. The van der Waals surface area contributed by atoms with E-state index in [1.165, 1.54) is 19.3 Å². The van der Waals surface area contributed by atoms with Crippen LogP contribution in [-0.4, -0.2) is 54.2 Å². The van der Waals surface area contributed by atoms with E-state index in [-0.39, 0.29) is 24.4 Å². The van der Waals surface area contributed by atoms with E-state index in [2.05, 4.69) is 15.5 Å². The van der Waals surface area contributed by atoms with E-state index < -0.39 is 5.97 Å². The van der Waals surface area contributed by atoms with Crippen molar-refractivity contribution < 1.29 is 14.7 Å². The van der Waals surface area contributed by atoms with Crippen molar-refractivity contribution in [1.29, 1.82) is 0 Å². The van der Waals surface area contributed by atoms with Crippen LogP contribution in [0.5, 0.6) is 0 Å². The summed E-state index contributed by atoms with van der Waals surface area (Å²) < 4.78 is 0.